The standard InChI is InChI=1S/C29H58O5/c1-6-10-14-15-16-17-18-27(20-19-26(5)30-24-28-25-31-28)29(32-21-11-7-2,33-22-12-8-3)34-23-13-9-4/h26-28H,6-25H2,1-5H3. The van der Waals surface area contributed by atoms with E-state index in [1.54, 1.807) is 0 Å². The third-order valence-electron chi connectivity index (χ3n) is 6.70. The average Bonchev–Trinajstić information content (AvgIpc) is 3.66. The Morgan fingerprint density at radius 1 is 0.676 bits per heavy atom. The molecule has 5 heteroatoms. The van der Waals surface area contributed by atoms with Crippen LogP contribution >= 0.6 is 0 Å². The summed E-state index contributed by atoms with van der Waals surface area (Å²) in [5, 5.41) is 0. The Hall–Kier alpha value is -0.200. The summed E-state index contributed by atoms with van der Waals surface area (Å²) in [5.74, 6) is -0.713. The van der Waals surface area contributed by atoms with E-state index in [2.05, 4.69) is 34.6 Å². The molecule has 3 atom stereocenters. The predicted molar refractivity (Wildman–Crippen MR) is 141 cm³/mol. The lowest BCUT2D eigenvalue weighted by atomic mass is 9.91. The molecular formula is C29H58O5. The van der Waals surface area contributed by atoms with E-state index in [-0.39, 0.29) is 12.0 Å². The van der Waals surface area contributed by atoms with Gasteiger partial charge >= 0.3 is 0 Å². The van der Waals surface area contributed by atoms with Crippen LogP contribution in [0.2, 0.25) is 0 Å². The summed E-state index contributed by atoms with van der Waals surface area (Å²) >= 11 is 0. The van der Waals surface area contributed by atoms with E-state index >= 15 is 0 Å². The molecule has 1 saturated heterocycles. The minimum atomic E-state index is -0.928. The van der Waals surface area contributed by atoms with Crippen molar-refractivity contribution in [3.8, 4) is 0 Å². The van der Waals surface area contributed by atoms with E-state index in [9.17, 15) is 0 Å². The van der Waals surface area contributed by atoms with Gasteiger partial charge in [0.05, 0.1) is 39.1 Å². The van der Waals surface area contributed by atoms with Gasteiger partial charge in [-0.1, -0.05) is 85.5 Å². The molecule has 0 bridgehead atoms. The molecule has 0 aromatic rings. The van der Waals surface area contributed by atoms with Crippen LogP contribution in [-0.2, 0) is 23.7 Å². The Bertz CT molecular complexity index is 414. The van der Waals surface area contributed by atoms with Crippen molar-refractivity contribution in [2.75, 3.05) is 33.0 Å². The van der Waals surface area contributed by atoms with Crippen molar-refractivity contribution in [3.05, 3.63) is 0 Å². The molecule has 1 rings (SSSR count). The number of ether oxygens (including phenoxy) is 5. The summed E-state index contributed by atoms with van der Waals surface area (Å²) in [6.07, 6.45) is 17.7. The topological polar surface area (TPSA) is 49.5 Å². The number of unbranched alkanes of at least 4 members (excludes halogenated alkanes) is 8. The molecule has 0 aliphatic carbocycles. The van der Waals surface area contributed by atoms with Crippen LogP contribution in [0, 0.1) is 5.92 Å². The molecule has 0 saturated carbocycles. The number of hydrogen-bond acceptors (Lipinski definition) is 5. The van der Waals surface area contributed by atoms with E-state index in [0.29, 0.717) is 32.5 Å². The van der Waals surface area contributed by atoms with E-state index in [0.717, 1.165) is 64.4 Å². The molecule has 0 spiro atoms. The van der Waals surface area contributed by atoms with Crippen molar-refractivity contribution in [1.82, 2.24) is 0 Å². The molecule has 3 unspecified atom stereocenters. The van der Waals surface area contributed by atoms with Gasteiger partial charge in [0.25, 0.3) is 5.97 Å². The van der Waals surface area contributed by atoms with E-state index < -0.39 is 5.97 Å². The summed E-state index contributed by atoms with van der Waals surface area (Å²) in [6.45, 7) is 14.7. The minimum Gasteiger partial charge on any atom is -0.376 e. The van der Waals surface area contributed by atoms with Crippen LogP contribution in [0.4, 0.5) is 0 Å². The second-order valence-corrected chi connectivity index (χ2v) is 10.1. The Balaban J connectivity index is 2.88. The van der Waals surface area contributed by atoms with Gasteiger partial charge in [-0.2, -0.15) is 0 Å². The quantitative estimate of drug-likeness (QED) is 0.0703. The molecule has 1 aliphatic rings. The molecule has 0 aromatic carbocycles. The van der Waals surface area contributed by atoms with Crippen molar-refractivity contribution in [3.63, 3.8) is 0 Å². The van der Waals surface area contributed by atoms with Gasteiger partial charge in [-0.15, -0.1) is 0 Å². The average molecular weight is 487 g/mol. The molecule has 0 aromatic heterocycles. The van der Waals surface area contributed by atoms with Gasteiger partial charge in [-0.3, -0.25) is 0 Å². The van der Waals surface area contributed by atoms with Crippen LogP contribution in [0.1, 0.15) is 131 Å². The number of epoxide rings is 1. The van der Waals surface area contributed by atoms with Crippen LogP contribution in [0.15, 0.2) is 0 Å². The highest BCUT2D eigenvalue weighted by Gasteiger charge is 2.42. The second-order valence-electron chi connectivity index (χ2n) is 10.1. The summed E-state index contributed by atoms with van der Waals surface area (Å²) in [7, 11) is 0. The van der Waals surface area contributed by atoms with Crippen LogP contribution in [0.25, 0.3) is 0 Å². The molecule has 1 heterocycles. The predicted octanol–water partition coefficient (Wildman–Crippen LogP) is 8.04. The Morgan fingerprint density at radius 3 is 1.68 bits per heavy atom. The zero-order valence-electron chi connectivity index (χ0n) is 23.4. The molecular weight excluding hydrogens is 428 g/mol. The molecule has 0 radical (unpaired) electrons. The van der Waals surface area contributed by atoms with Crippen LogP contribution < -0.4 is 0 Å². The van der Waals surface area contributed by atoms with Crippen LogP contribution in [0.3, 0.4) is 0 Å². The van der Waals surface area contributed by atoms with Crippen molar-refractivity contribution >= 4 is 0 Å². The van der Waals surface area contributed by atoms with Gasteiger partial charge in [0, 0.05) is 5.92 Å². The fraction of sp³-hybridized carbons (Fsp3) is 1.00. The van der Waals surface area contributed by atoms with Gasteiger partial charge in [-0.25, -0.2) is 0 Å². The van der Waals surface area contributed by atoms with Crippen molar-refractivity contribution in [2.24, 2.45) is 5.92 Å². The highest BCUT2D eigenvalue weighted by molar-refractivity contribution is 4.75. The highest BCUT2D eigenvalue weighted by atomic mass is 16.9. The maximum Gasteiger partial charge on any atom is 0.285 e. The second kappa shape index (κ2) is 20.9. The van der Waals surface area contributed by atoms with Gasteiger partial charge in [0.2, 0.25) is 0 Å². The fourth-order valence-corrected chi connectivity index (χ4v) is 4.18. The third-order valence-corrected chi connectivity index (χ3v) is 6.70. The van der Waals surface area contributed by atoms with Crippen molar-refractivity contribution < 1.29 is 23.7 Å². The number of rotatable bonds is 26. The summed E-state index contributed by atoms with van der Waals surface area (Å²) < 4.78 is 31.0. The Kier molecular flexibility index (Phi) is 19.6. The Labute approximate surface area is 212 Å². The molecule has 1 fully saturated rings. The number of hydrogen-bond donors (Lipinski definition) is 0. The normalized spacial score (nSPS) is 17.7. The van der Waals surface area contributed by atoms with E-state index in [1.165, 1.54) is 38.5 Å². The Morgan fingerprint density at radius 2 is 1.18 bits per heavy atom. The maximum atomic E-state index is 6.56. The lowest BCUT2D eigenvalue weighted by Gasteiger charge is -2.40. The van der Waals surface area contributed by atoms with Crippen molar-refractivity contribution in [1.29, 1.82) is 0 Å². The maximum absolute atomic E-state index is 6.56. The first kappa shape index (κ1) is 31.8. The largest absolute Gasteiger partial charge is 0.376 e. The van der Waals surface area contributed by atoms with E-state index in [4.69, 9.17) is 23.7 Å². The van der Waals surface area contributed by atoms with Gasteiger partial charge in [-0.05, 0) is 45.4 Å². The third kappa shape index (κ3) is 15.0. The molecule has 5 nitrogen and oxygen atoms in total. The first-order valence-electron chi connectivity index (χ1n) is 14.8. The molecule has 204 valence electrons. The van der Waals surface area contributed by atoms with Gasteiger partial charge in [0.15, 0.2) is 0 Å². The van der Waals surface area contributed by atoms with E-state index in [1.807, 2.05) is 0 Å². The highest BCUT2D eigenvalue weighted by Crippen LogP contribution is 2.35. The zero-order chi connectivity index (χ0) is 24.9. The first-order chi connectivity index (χ1) is 16.6. The molecule has 34 heavy (non-hydrogen) atoms. The van der Waals surface area contributed by atoms with Gasteiger partial charge < -0.3 is 23.7 Å². The van der Waals surface area contributed by atoms with Crippen molar-refractivity contribution in [2.45, 2.75) is 149 Å². The summed E-state index contributed by atoms with van der Waals surface area (Å²) in [6, 6.07) is 0. The monoisotopic (exact) mass is 486 g/mol. The SMILES string of the molecule is CCCCCCCCC(CCC(C)OCC1CO1)C(OCCCC)(OCCCC)OCCCC. The fourth-order valence-electron chi connectivity index (χ4n) is 4.18. The summed E-state index contributed by atoms with van der Waals surface area (Å²) in [5.41, 5.74) is 0. The molecule has 0 N–H and O–H groups in total. The molecule has 1 aliphatic heterocycles. The van der Waals surface area contributed by atoms with Gasteiger partial charge in [0.1, 0.15) is 6.10 Å². The van der Waals surface area contributed by atoms with Crippen LogP contribution in [-0.4, -0.2) is 51.2 Å². The molecule has 0 amide bonds. The zero-order valence-corrected chi connectivity index (χ0v) is 23.4. The lowest BCUT2D eigenvalue weighted by Crippen LogP contribution is -2.47. The van der Waals surface area contributed by atoms with Crippen LogP contribution in [0.5, 0.6) is 0 Å². The first-order valence-corrected chi connectivity index (χ1v) is 14.8. The minimum absolute atomic E-state index is 0.205. The smallest absolute Gasteiger partial charge is 0.285 e. The summed E-state index contributed by atoms with van der Waals surface area (Å²) in [4.78, 5) is 0. The lowest BCUT2D eigenvalue weighted by molar-refractivity contribution is -0.407.